The van der Waals surface area contributed by atoms with Gasteiger partial charge in [-0.1, -0.05) is 27.2 Å². The smallest absolute Gasteiger partial charge is 0.170 e. The maximum Gasteiger partial charge on any atom is 0.170 e. The first kappa shape index (κ1) is 9.71. The van der Waals surface area contributed by atoms with Gasteiger partial charge in [0.15, 0.2) is 5.58 Å². The lowest BCUT2D eigenvalue weighted by atomic mass is 10.1. The lowest BCUT2D eigenvalue weighted by Gasteiger charge is -1.97. The molecule has 3 heteroatoms. The molecule has 0 bridgehead atoms. The molecule has 2 aromatic rings. The molecule has 0 N–H and O–H groups in total. The van der Waals surface area contributed by atoms with Crippen molar-refractivity contribution < 1.29 is 4.52 Å². The van der Waals surface area contributed by atoms with E-state index in [2.05, 4.69) is 47.1 Å². The van der Waals surface area contributed by atoms with Crippen LogP contribution in [0, 0.1) is 13.8 Å². The fraction of sp³-hybridized carbons (Fsp3) is 0.364. The normalized spacial score (nSPS) is 11.1. The van der Waals surface area contributed by atoms with Gasteiger partial charge in [0.1, 0.15) is 0 Å². The van der Waals surface area contributed by atoms with E-state index in [1.165, 1.54) is 5.56 Å². The van der Waals surface area contributed by atoms with Crippen LogP contribution in [0.1, 0.15) is 16.8 Å². The molecular weight excluding hydrogens is 242 g/mol. The molecule has 14 heavy (non-hydrogen) atoms. The Balaban J connectivity index is 2.66. The van der Waals surface area contributed by atoms with Crippen LogP contribution in [0.15, 0.2) is 16.7 Å². The highest BCUT2D eigenvalue weighted by molar-refractivity contribution is 9.09. The summed E-state index contributed by atoms with van der Waals surface area (Å²) in [5, 5.41) is 6.15. The standard InChI is InChI=1S/C11H12BrNO/c1-7-5-8(2)11-9(6-7)10(3-4-12)13-14-11/h5-6H,3-4H2,1-2H3. The molecule has 0 aliphatic rings. The van der Waals surface area contributed by atoms with Gasteiger partial charge < -0.3 is 4.52 Å². The first-order valence-electron chi connectivity index (χ1n) is 4.64. The zero-order valence-electron chi connectivity index (χ0n) is 8.30. The highest BCUT2D eigenvalue weighted by Crippen LogP contribution is 2.24. The van der Waals surface area contributed by atoms with E-state index in [4.69, 9.17) is 4.52 Å². The van der Waals surface area contributed by atoms with Crippen LogP contribution in [0.25, 0.3) is 11.0 Å². The Hall–Kier alpha value is -0.830. The number of rotatable bonds is 2. The highest BCUT2D eigenvalue weighted by Gasteiger charge is 2.09. The number of aromatic nitrogens is 1. The van der Waals surface area contributed by atoms with Gasteiger partial charge in [0, 0.05) is 17.1 Å². The molecule has 0 saturated carbocycles. The number of hydrogen-bond donors (Lipinski definition) is 0. The van der Waals surface area contributed by atoms with Crippen molar-refractivity contribution in [1.29, 1.82) is 0 Å². The van der Waals surface area contributed by atoms with E-state index in [0.717, 1.165) is 34.0 Å². The van der Waals surface area contributed by atoms with E-state index in [9.17, 15) is 0 Å². The molecule has 0 unspecified atom stereocenters. The number of alkyl halides is 1. The van der Waals surface area contributed by atoms with Crippen molar-refractivity contribution in [2.45, 2.75) is 20.3 Å². The van der Waals surface area contributed by atoms with Gasteiger partial charge in [-0.2, -0.15) is 0 Å². The maximum atomic E-state index is 5.32. The molecule has 0 amide bonds. The fourth-order valence-corrected chi connectivity index (χ4v) is 2.09. The third kappa shape index (κ3) is 1.57. The van der Waals surface area contributed by atoms with E-state index < -0.39 is 0 Å². The molecule has 0 aliphatic carbocycles. The number of nitrogens with zero attached hydrogens (tertiary/aromatic N) is 1. The third-order valence-corrected chi connectivity index (χ3v) is 2.70. The summed E-state index contributed by atoms with van der Waals surface area (Å²) in [5.41, 5.74) is 4.39. The molecule has 0 spiro atoms. The van der Waals surface area contributed by atoms with E-state index in [1.54, 1.807) is 0 Å². The molecule has 1 heterocycles. The second-order valence-corrected chi connectivity index (χ2v) is 4.32. The quantitative estimate of drug-likeness (QED) is 0.768. The van der Waals surface area contributed by atoms with Crippen LogP contribution in [0.2, 0.25) is 0 Å². The Labute approximate surface area is 91.4 Å². The van der Waals surface area contributed by atoms with Crippen LogP contribution < -0.4 is 0 Å². The van der Waals surface area contributed by atoms with Gasteiger partial charge in [-0.15, -0.1) is 0 Å². The van der Waals surface area contributed by atoms with Crippen LogP contribution in [0.3, 0.4) is 0 Å². The molecule has 74 valence electrons. The minimum atomic E-state index is 0.913. The van der Waals surface area contributed by atoms with Gasteiger partial charge in [0.25, 0.3) is 0 Å². The number of halogens is 1. The number of benzene rings is 1. The van der Waals surface area contributed by atoms with Crippen molar-refractivity contribution in [3.8, 4) is 0 Å². The zero-order valence-corrected chi connectivity index (χ0v) is 9.89. The lowest BCUT2D eigenvalue weighted by Crippen LogP contribution is -1.86. The first-order valence-corrected chi connectivity index (χ1v) is 5.76. The van der Waals surface area contributed by atoms with Crippen molar-refractivity contribution in [2.75, 3.05) is 5.33 Å². The number of hydrogen-bond acceptors (Lipinski definition) is 2. The molecular formula is C11H12BrNO. The summed E-state index contributed by atoms with van der Waals surface area (Å²) in [6, 6.07) is 4.25. The molecule has 1 aromatic carbocycles. The Morgan fingerprint density at radius 2 is 2.14 bits per heavy atom. The Morgan fingerprint density at radius 1 is 1.36 bits per heavy atom. The Bertz CT molecular complexity index is 462. The van der Waals surface area contributed by atoms with E-state index in [-0.39, 0.29) is 0 Å². The van der Waals surface area contributed by atoms with Crippen molar-refractivity contribution in [2.24, 2.45) is 0 Å². The molecule has 2 nitrogen and oxygen atoms in total. The molecule has 0 fully saturated rings. The third-order valence-electron chi connectivity index (χ3n) is 2.31. The molecule has 0 radical (unpaired) electrons. The van der Waals surface area contributed by atoms with Gasteiger partial charge >= 0.3 is 0 Å². The van der Waals surface area contributed by atoms with Crippen molar-refractivity contribution in [3.05, 3.63) is 29.0 Å². The second-order valence-electron chi connectivity index (χ2n) is 3.53. The van der Waals surface area contributed by atoms with Crippen LogP contribution >= 0.6 is 15.9 Å². The van der Waals surface area contributed by atoms with Crippen LogP contribution in [-0.4, -0.2) is 10.5 Å². The summed E-state index contributed by atoms with van der Waals surface area (Å²) in [5.74, 6) is 0. The van der Waals surface area contributed by atoms with Gasteiger partial charge in [-0.3, -0.25) is 0 Å². The summed E-state index contributed by atoms with van der Waals surface area (Å²) >= 11 is 3.41. The molecule has 0 atom stereocenters. The van der Waals surface area contributed by atoms with Gasteiger partial charge in [0.2, 0.25) is 0 Å². The van der Waals surface area contributed by atoms with Crippen molar-refractivity contribution in [1.82, 2.24) is 5.16 Å². The lowest BCUT2D eigenvalue weighted by molar-refractivity contribution is 0.446. The topological polar surface area (TPSA) is 26.0 Å². The maximum absolute atomic E-state index is 5.32. The van der Waals surface area contributed by atoms with Gasteiger partial charge in [-0.25, -0.2) is 0 Å². The largest absolute Gasteiger partial charge is 0.356 e. The summed E-state index contributed by atoms with van der Waals surface area (Å²) in [4.78, 5) is 0. The van der Waals surface area contributed by atoms with E-state index >= 15 is 0 Å². The van der Waals surface area contributed by atoms with Gasteiger partial charge in [-0.05, 0) is 31.0 Å². The molecule has 0 aliphatic heterocycles. The summed E-state index contributed by atoms with van der Waals surface area (Å²) < 4.78 is 5.32. The Kier molecular flexibility index (Phi) is 2.59. The number of fused-ring (bicyclic) bond motifs is 1. The summed E-state index contributed by atoms with van der Waals surface area (Å²) in [7, 11) is 0. The van der Waals surface area contributed by atoms with Crippen molar-refractivity contribution >= 4 is 26.9 Å². The minimum Gasteiger partial charge on any atom is -0.356 e. The fourth-order valence-electron chi connectivity index (χ4n) is 1.71. The molecule has 2 rings (SSSR count). The summed E-state index contributed by atoms with van der Waals surface area (Å²) in [6.45, 7) is 4.15. The van der Waals surface area contributed by atoms with Crippen LogP contribution in [0.5, 0.6) is 0 Å². The average Bonchev–Trinajstić information content (AvgIpc) is 2.49. The van der Waals surface area contributed by atoms with Crippen LogP contribution in [-0.2, 0) is 6.42 Å². The van der Waals surface area contributed by atoms with Gasteiger partial charge in [0.05, 0.1) is 5.69 Å². The summed E-state index contributed by atoms with van der Waals surface area (Å²) in [6.07, 6.45) is 0.913. The zero-order chi connectivity index (χ0) is 10.1. The van der Waals surface area contributed by atoms with E-state index in [0.29, 0.717) is 0 Å². The molecule has 1 aromatic heterocycles. The monoisotopic (exact) mass is 253 g/mol. The predicted molar refractivity (Wildman–Crippen MR) is 61.0 cm³/mol. The second kappa shape index (κ2) is 3.73. The number of aryl methyl sites for hydroxylation is 3. The molecule has 0 saturated heterocycles. The SMILES string of the molecule is Cc1cc(C)c2onc(CCBr)c2c1. The predicted octanol–water partition coefficient (Wildman–Crippen LogP) is 3.38. The highest BCUT2D eigenvalue weighted by atomic mass is 79.9. The Morgan fingerprint density at radius 3 is 2.86 bits per heavy atom. The minimum absolute atomic E-state index is 0.913. The van der Waals surface area contributed by atoms with Crippen molar-refractivity contribution in [3.63, 3.8) is 0 Å². The van der Waals surface area contributed by atoms with E-state index in [1.807, 2.05) is 0 Å². The van der Waals surface area contributed by atoms with Crippen LogP contribution in [0.4, 0.5) is 0 Å². The average molecular weight is 254 g/mol. The first-order chi connectivity index (χ1) is 6.72.